The van der Waals surface area contributed by atoms with E-state index in [9.17, 15) is 14.7 Å². The molecule has 0 bridgehead atoms. The number of nitrogens with two attached hydrogens (primary N) is 1. The van der Waals surface area contributed by atoms with Crippen molar-refractivity contribution in [3.63, 3.8) is 0 Å². The van der Waals surface area contributed by atoms with Crippen molar-refractivity contribution in [2.75, 3.05) is 0 Å². The Labute approximate surface area is 135 Å². The number of hydrogen-bond donors (Lipinski definition) is 3. The number of carbonyl (C=O) groups is 2. The molecule has 5 nitrogen and oxygen atoms in total. The van der Waals surface area contributed by atoms with Gasteiger partial charge in [0.05, 0.1) is 6.04 Å². The highest BCUT2D eigenvalue weighted by molar-refractivity contribution is 5.94. The monoisotopic (exact) mass is 312 g/mol. The van der Waals surface area contributed by atoms with Crippen LogP contribution in [0.1, 0.15) is 46.2 Å². The van der Waals surface area contributed by atoms with E-state index in [1.54, 1.807) is 36.4 Å². The zero-order chi connectivity index (χ0) is 17.0. The number of nitrogens with one attached hydrogen (secondary N) is 1. The number of amides is 2. The highest BCUT2D eigenvalue weighted by atomic mass is 16.3. The zero-order valence-corrected chi connectivity index (χ0v) is 13.1. The van der Waals surface area contributed by atoms with Crippen molar-refractivity contribution in [3.05, 3.63) is 65.2 Å². The van der Waals surface area contributed by atoms with Gasteiger partial charge in [-0.3, -0.25) is 9.59 Å². The fourth-order valence-electron chi connectivity index (χ4n) is 2.33. The second-order valence-corrected chi connectivity index (χ2v) is 5.73. The Balaban J connectivity index is 2.19. The van der Waals surface area contributed by atoms with Crippen LogP contribution in [-0.2, 0) is 0 Å². The van der Waals surface area contributed by atoms with Gasteiger partial charge in [0.25, 0.3) is 5.91 Å². The Bertz CT molecular complexity index is 691. The maximum absolute atomic E-state index is 12.4. The second kappa shape index (κ2) is 6.96. The molecule has 1 atom stereocenters. The number of carbonyl (C=O) groups excluding carboxylic acids is 2. The van der Waals surface area contributed by atoms with Crippen LogP contribution in [0.4, 0.5) is 0 Å². The molecule has 2 aromatic rings. The fraction of sp³-hybridized carbons (Fsp3) is 0.222. The smallest absolute Gasteiger partial charge is 0.251 e. The lowest BCUT2D eigenvalue weighted by Crippen LogP contribution is -2.31. The maximum Gasteiger partial charge on any atom is 0.251 e. The highest BCUT2D eigenvalue weighted by Gasteiger charge is 2.19. The molecule has 0 spiro atoms. The molecule has 0 saturated heterocycles. The molecule has 1 unspecified atom stereocenters. The third-order valence-corrected chi connectivity index (χ3v) is 3.64. The summed E-state index contributed by atoms with van der Waals surface area (Å²) in [6.07, 6.45) is 0. The van der Waals surface area contributed by atoms with Gasteiger partial charge in [0.15, 0.2) is 0 Å². The Morgan fingerprint density at radius 2 is 1.48 bits per heavy atom. The Morgan fingerprint density at radius 3 is 1.96 bits per heavy atom. The van der Waals surface area contributed by atoms with Crippen molar-refractivity contribution >= 4 is 11.8 Å². The zero-order valence-electron chi connectivity index (χ0n) is 13.1. The summed E-state index contributed by atoms with van der Waals surface area (Å²) in [6.45, 7) is 4.01. The topological polar surface area (TPSA) is 92.4 Å². The number of phenols is 1. The van der Waals surface area contributed by atoms with E-state index in [2.05, 4.69) is 5.32 Å². The van der Waals surface area contributed by atoms with Crippen molar-refractivity contribution in [2.45, 2.75) is 19.9 Å². The van der Waals surface area contributed by atoms with E-state index in [0.29, 0.717) is 11.1 Å². The van der Waals surface area contributed by atoms with Gasteiger partial charge in [-0.25, -0.2) is 0 Å². The molecule has 2 rings (SSSR count). The maximum atomic E-state index is 12.4. The SMILES string of the molecule is CC(C)C(NC(=O)c1ccc(O)cc1)c1ccc(C(N)=O)cc1. The summed E-state index contributed by atoms with van der Waals surface area (Å²) < 4.78 is 0. The van der Waals surface area contributed by atoms with Gasteiger partial charge in [-0.15, -0.1) is 0 Å². The molecule has 0 aromatic heterocycles. The van der Waals surface area contributed by atoms with Gasteiger partial charge >= 0.3 is 0 Å². The minimum absolute atomic E-state index is 0.115. The van der Waals surface area contributed by atoms with E-state index >= 15 is 0 Å². The van der Waals surface area contributed by atoms with E-state index < -0.39 is 5.91 Å². The van der Waals surface area contributed by atoms with E-state index in [-0.39, 0.29) is 23.6 Å². The summed E-state index contributed by atoms with van der Waals surface area (Å²) in [5.41, 5.74) is 7.05. The normalized spacial score (nSPS) is 12.0. The molecule has 120 valence electrons. The van der Waals surface area contributed by atoms with Crippen LogP contribution in [-0.4, -0.2) is 16.9 Å². The van der Waals surface area contributed by atoms with Gasteiger partial charge in [0.2, 0.25) is 5.91 Å². The van der Waals surface area contributed by atoms with Gasteiger partial charge in [-0.05, 0) is 47.9 Å². The minimum atomic E-state index is -0.481. The lowest BCUT2D eigenvalue weighted by atomic mass is 9.94. The number of benzene rings is 2. The number of aromatic hydroxyl groups is 1. The van der Waals surface area contributed by atoms with Gasteiger partial charge in [-0.2, -0.15) is 0 Å². The minimum Gasteiger partial charge on any atom is -0.508 e. The molecule has 4 N–H and O–H groups in total. The molecule has 5 heteroatoms. The van der Waals surface area contributed by atoms with Crippen LogP contribution in [0.15, 0.2) is 48.5 Å². The number of hydrogen-bond acceptors (Lipinski definition) is 3. The predicted octanol–water partition coefficient (Wildman–Crippen LogP) is 2.62. The van der Waals surface area contributed by atoms with Gasteiger partial charge in [-0.1, -0.05) is 26.0 Å². The highest BCUT2D eigenvalue weighted by Crippen LogP contribution is 2.23. The largest absolute Gasteiger partial charge is 0.508 e. The number of phenolic OH excluding ortho intramolecular Hbond substituents is 1. The van der Waals surface area contributed by atoms with Crippen LogP contribution >= 0.6 is 0 Å². The van der Waals surface area contributed by atoms with Crippen molar-refractivity contribution in [1.82, 2.24) is 5.32 Å². The predicted molar refractivity (Wildman–Crippen MR) is 88.1 cm³/mol. The van der Waals surface area contributed by atoms with Gasteiger partial charge in [0, 0.05) is 11.1 Å². The van der Waals surface area contributed by atoms with E-state index in [4.69, 9.17) is 5.73 Å². The summed E-state index contributed by atoms with van der Waals surface area (Å²) in [7, 11) is 0. The Kier molecular flexibility index (Phi) is 5.01. The van der Waals surface area contributed by atoms with E-state index in [1.807, 2.05) is 13.8 Å². The van der Waals surface area contributed by atoms with Crippen molar-refractivity contribution < 1.29 is 14.7 Å². The molecular weight excluding hydrogens is 292 g/mol. The molecule has 0 fully saturated rings. The van der Waals surface area contributed by atoms with Gasteiger partial charge in [0.1, 0.15) is 5.75 Å². The summed E-state index contributed by atoms with van der Waals surface area (Å²) in [6, 6.07) is 12.8. The molecule has 2 amide bonds. The standard InChI is InChI=1S/C18H20N2O3/c1-11(2)16(12-3-5-13(6-4-12)17(19)22)20-18(23)14-7-9-15(21)10-8-14/h3-11,16,21H,1-2H3,(H2,19,22)(H,20,23). The molecular formula is C18H20N2O3. The lowest BCUT2D eigenvalue weighted by Gasteiger charge is -2.23. The molecule has 0 heterocycles. The Morgan fingerprint density at radius 1 is 0.957 bits per heavy atom. The summed E-state index contributed by atoms with van der Waals surface area (Å²) in [4.78, 5) is 23.5. The third-order valence-electron chi connectivity index (χ3n) is 3.64. The van der Waals surface area contributed by atoms with Crippen molar-refractivity contribution in [2.24, 2.45) is 11.7 Å². The number of primary amides is 1. The van der Waals surface area contributed by atoms with E-state index in [0.717, 1.165) is 5.56 Å². The molecule has 0 radical (unpaired) electrons. The summed E-state index contributed by atoms with van der Waals surface area (Å²) in [5, 5.41) is 12.3. The van der Waals surface area contributed by atoms with Crippen LogP contribution in [0.2, 0.25) is 0 Å². The molecule has 2 aromatic carbocycles. The first-order valence-electron chi connectivity index (χ1n) is 7.38. The lowest BCUT2D eigenvalue weighted by molar-refractivity contribution is 0.0924. The Hall–Kier alpha value is -2.82. The van der Waals surface area contributed by atoms with Crippen molar-refractivity contribution in [1.29, 1.82) is 0 Å². The summed E-state index contributed by atoms with van der Waals surface area (Å²) >= 11 is 0. The van der Waals surface area contributed by atoms with Gasteiger partial charge < -0.3 is 16.2 Å². The first-order chi connectivity index (χ1) is 10.9. The number of rotatable bonds is 5. The molecule has 0 aliphatic rings. The average molecular weight is 312 g/mol. The average Bonchev–Trinajstić information content (AvgIpc) is 2.53. The fourth-order valence-corrected chi connectivity index (χ4v) is 2.33. The third kappa shape index (κ3) is 4.10. The summed E-state index contributed by atoms with van der Waals surface area (Å²) in [5.74, 6) is -0.423. The quantitative estimate of drug-likeness (QED) is 0.792. The first-order valence-corrected chi connectivity index (χ1v) is 7.38. The second-order valence-electron chi connectivity index (χ2n) is 5.73. The molecule has 0 saturated carbocycles. The van der Waals surface area contributed by atoms with Crippen LogP contribution in [0.3, 0.4) is 0 Å². The van der Waals surface area contributed by atoms with Crippen LogP contribution < -0.4 is 11.1 Å². The van der Waals surface area contributed by atoms with E-state index in [1.165, 1.54) is 12.1 Å². The van der Waals surface area contributed by atoms with Crippen LogP contribution in [0.25, 0.3) is 0 Å². The molecule has 0 aliphatic carbocycles. The van der Waals surface area contributed by atoms with Crippen molar-refractivity contribution in [3.8, 4) is 5.75 Å². The van der Waals surface area contributed by atoms with Crippen LogP contribution in [0, 0.1) is 5.92 Å². The molecule has 0 aliphatic heterocycles. The van der Waals surface area contributed by atoms with Crippen LogP contribution in [0.5, 0.6) is 5.75 Å². The first kappa shape index (κ1) is 16.5. The molecule has 23 heavy (non-hydrogen) atoms.